The molecule has 5 rings (SSSR count). The Kier molecular flexibility index (Phi) is 6.73. The molecule has 2 atom stereocenters. The van der Waals surface area contributed by atoms with Crippen molar-refractivity contribution in [2.24, 2.45) is 5.92 Å². The number of Topliss-reactive ketones (excluding diaryl/α,β-unsaturated/α-hetero) is 1. The third-order valence-electron chi connectivity index (χ3n) is 7.83. The third-order valence-corrected chi connectivity index (χ3v) is 8.32. The van der Waals surface area contributed by atoms with Gasteiger partial charge in [-0.3, -0.25) is 9.78 Å². The molecule has 2 fully saturated rings. The van der Waals surface area contributed by atoms with E-state index in [4.69, 9.17) is 11.6 Å². The number of benzene rings is 1. The summed E-state index contributed by atoms with van der Waals surface area (Å²) in [5.41, 5.74) is 1.99. The molecule has 3 aliphatic rings. The van der Waals surface area contributed by atoms with Crippen LogP contribution in [0.2, 0.25) is 0 Å². The normalized spacial score (nSPS) is 26.2. The number of anilines is 1. The molecule has 5 nitrogen and oxygen atoms in total. The van der Waals surface area contributed by atoms with Gasteiger partial charge in [-0.05, 0) is 94.0 Å². The largest absolute Gasteiger partial charge is 0.381 e. The zero-order chi connectivity index (χ0) is 24.7. The van der Waals surface area contributed by atoms with Crippen molar-refractivity contribution in [2.45, 2.75) is 51.3 Å². The summed E-state index contributed by atoms with van der Waals surface area (Å²) in [5.74, 6) is 0.668. The van der Waals surface area contributed by atoms with Crippen LogP contribution < -0.4 is 4.90 Å². The van der Waals surface area contributed by atoms with Gasteiger partial charge in [0.15, 0.2) is 12.0 Å². The number of alkyl halides is 1. The molecule has 0 bridgehead atoms. The minimum atomic E-state index is -1.73. The zero-order valence-corrected chi connectivity index (χ0v) is 21.2. The van der Waals surface area contributed by atoms with Gasteiger partial charge in [0.25, 0.3) is 0 Å². The summed E-state index contributed by atoms with van der Waals surface area (Å²) in [5, 5.41) is 11.2. The molecule has 2 unspecified atom stereocenters. The summed E-state index contributed by atoms with van der Waals surface area (Å²) >= 11 is 6.22. The molecule has 0 amide bonds. The number of aromatic nitrogens is 1. The highest BCUT2D eigenvalue weighted by atomic mass is 35.5. The van der Waals surface area contributed by atoms with Crippen LogP contribution in [0.3, 0.4) is 0 Å². The molecule has 1 N–H and O–H groups in total. The van der Waals surface area contributed by atoms with E-state index in [1.807, 2.05) is 18.2 Å². The van der Waals surface area contributed by atoms with Gasteiger partial charge in [0.2, 0.25) is 0 Å². The van der Waals surface area contributed by atoms with E-state index in [1.54, 1.807) is 19.2 Å². The molecule has 2 saturated heterocycles. The van der Waals surface area contributed by atoms with Crippen LogP contribution in [0.25, 0.3) is 16.5 Å². The number of hydrogen-bond acceptors (Lipinski definition) is 5. The quantitative estimate of drug-likeness (QED) is 0.564. The van der Waals surface area contributed by atoms with E-state index in [0.29, 0.717) is 17.1 Å². The Balaban J connectivity index is 1.48. The molecule has 3 heterocycles. The van der Waals surface area contributed by atoms with Crippen molar-refractivity contribution in [1.82, 2.24) is 9.88 Å². The van der Waals surface area contributed by atoms with Gasteiger partial charge in [0.05, 0.1) is 21.8 Å². The lowest BCUT2D eigenvalue weighted by Crippen LogP contribution is -2.38. The summed E-state index contributed by atoms with van der Waals surface area (Å²) in [6.45, 7) is 8.35. The molecular weight excluding hydrogens is 465 g/mol. The molecule has 1 aromatic carbocycles. The highest BCUT2D eigenvalue weighted by Crippen LogP contribution is 2.39. The highest BCUT2D eigenvalue weighted by molar-refractivity contribution is 6.31. The molecule has 1 aliphatic carbocycles. The lowest BCUT2D eigenvalue weighted by atomic mass is 9.88. The fraction of sp³-hybridized carbons (Fsp3) is 0.500. The summed E-state index contributed by atoms with van der Waals surface area (Å²) in [4.78, 5) is 22.1. The predicted molar refractivity (Wildman–Crippen MR) is 140 cm³/mol. The van der Waals surface area contributed by atoms with Crippen molar-refractivity contribution in [3.63, 3.8) is 0 Å². The maximum Gasteiger partial charge on any atom is 0.163 e. The minimum absolute atomic E-state index is 0.0151. The first-order chi connectivity index (χ1) is 16.7. The second kappa shape index (κ2) is 9.64. The fourth-order valence-corrected chi connectivity index (χ4v) is 5.81. The first-order valence-corrected chi connectivity index (χ1v) is 13.0. The first kappa shape index (κ1) is 24.4. The fourth-order valence-electron chi connectivity index (χ4n) is 5.59. The van der Waals surface area contributed by atoms with Crippen LogP contribution in [0.5, 0.6) is 0 Å². The maximum absolute atomic E-state index is 14.7. The summed E-state index contributed by atoms with van der Waals surface area (Å²) < 4.78 is 14.7. The monoisotopic (exact) mass is 497 g/mol. The molecule has 1 aromatic heterocycles. The lowest BCUT2D eigenvalue weighted by Gasteiger charge is -2.36. The van der Waals surface area contributed by atoms with Gasteiger partial charge in [-0.15, -0.1) is 0 Å². The van der Waals surface area contributed by atoms with E-state index in [2.05, 4.69) is 14.8 Å². The second-order valence-corrected chi connectivity index (χ2v) is 10.8. The van der Waals surface area contributed by atoms with Gasteiger partial charge in [-0.2, -0.15) is 0 Å². The van der Waals surface area contributed by atoms with Crippen LogP contribution in [0.1, 0.15) is 55.5 Å². The van der Waals surface area contributed by atoms with Crippen LogP contribution in [-0.4, -0.2) is 65.3 Å². The standard InChI is InChI=1S/C28H33ClFN3O2/c1-18(34)23-16-31-24-6-5-20(21-14-25(29)28(2,35)26(30)15-21)13-22(24)27(23)33-11-7-19(8-12-33)17-32-9-3-4-10-32/h5-6,13-16,19,26,35H,3-4,7-12,17H2,1-2H3. The van der Waals surface area contributed by atoms with Gasteiger partial charge >= 0.3 is 0 Å². The molecular formula is C28H33ClFN3O2. The van der Waals surface area contributed by atoms with E-state index in [9.17, 15) is 14.3 Å². The molecule has 2 aromatic rings. The van der Waals surface area contributed by atoms with Gasteiger partial charge in [0.1, 0.15) is 5.60 Å². The number of carbonyl (C=O) groups excluding carboxylic acids is 1. The molecule has 0 radical (unpaired) electrons. The Bertz CT molecular complexity index is 1190. The first-order valence-electron chi connectivity index (χ1n) is 12.6. The van der Waals surface area contributed by atoms with Crippen molar-refractivity contribution in [3.05, 3.63) is 52.7 Å². The van der Waals surface area contributed by atoms with E-state index >= 15 is 0 Å². The molecule has 35 heavy (non-hydrogen) atoms. The Morgan fingerprint density at radius 1 is 1.23 bits per heavy atom. The Labute approximate surface area is 211 Å². The van der Waals surface area contributed by atoms with Crippen molar-refractivity contribution >= 4 is 39.5 Å². The number of halogens is 2. The molecule has 7 heteroatoms. The van der Waals surface area contributed by atoms with E-state index in [0.717, 1.165) is 48.1 Å². The molecule has 0 spiro atoms. The highest BCUT2D eigenvalue weighted by Gasteiger charge is 2.37. The summed E-state index contributed by atoms with van der Waals surface area (Å²) in [6, 6.07) is 5.76. The predicted octanol–water partition coefficient (Wildman–Crippen LogP) is 5.36. The number of ketones is 1. The van der Waals surface area contributed by atoms with Crippen LogP contribution in [-0.2, 0) is 0 Å². The van der Waals surface area contributed by atoms with Crippen LogP contribution in [0.4, 0.5) is 10.1 Å². The number of allylic oxidation sites excluding steroid dienone is 2. The van der Waals surface area contributed by atoms with Gasteiger partial charge in [-0.25, -0.2) is 4.39 Å². The zero-order valence-electron chi connectivity index (χ0n) is 20.4. The number of hydrogen-bond donors (Lipinski definition) is 1. The SMILES string of the molecule is CC(=O)c1cnc2ccc(C3=CC(F)C(C)(O)C(Cl)=C3)cc2c1N1CCC(CN2CCCC2)CC1. The second-order valence-electron chi connectivity index (χ2n) is 10.4. The number of carbonyl (C=O) groups is 1. The number of likely N-dealkylation sites (tertiary alicyclic amines) is 1. The third kappa shape index (κ3) is 4.76. The number of rotatable bonds is 5. The van der Waals surface area contributed by atoms with E-state index in [1.165, 1.54) is 45.5 Å². The molecule has 2 aliphatic heterocycles. The van der Waals surface area contributed by atoms with Gasteiger partial charge in [0, 0.05) is 31.2 Å². The minimum Gasteiger partial charge on any atom is -0.381 e. The number of piperidine rings is 1. The average molecular weight is 498 g/mol. The number of nitrogens with zero attached hydrogens (tertiary/aromatic N) is 3. The number of aliphatic hydroxyl groups is 1. The Hall–Kier alpha value is -2.28. The van der Waals surface area contributed by atoms with E-state index < -0.39 is 11.8 Å². The maximum atomic E-state index is 14.7. The lowest BCUT2D eigenvalue weighted by molar-refractivity contribution is 0.0405. The van der Waals surface area contributed by atoms with Crippen LogP contribution in [0.15, 0.2) is 41.6 Å². The Morgan fingerprint density at radius 2 is 1.94 bits per heavy atom. The van der Waals surface area contributed by atoms with Gasteiger partial charge in [-0.1, -0.05) is 17.7 Å². The Morgan fingerprint density at radius 3 is 2.60 bits per heavy atom. The van der Waals surface area contributed by atoms with Gasteiger partial charge < -0.3 is 14.9 Å². The van der Waals surface area contributed by atoms with Crippen molar-refractivity contribution in [2.75, 3.05) is 37.6 Å². The van der Waals surface area contributed by atoms with Crippen LogP contribution in [0, 0.1) is 5.92 Å². The topological polar surface area (TPSA) is 56.7 Å². The van der Waals surface area contributed by atoms with Crippen molar-refractivity contribution < 1.29 is 14.3 Å². The molecule has 0 saturated carbocycles. The summed E-state index contributed by atoms with van der Waals surface area (Å²) in [7, 11) is 0. The number of fused-ring (bicyclic) bond motifs is 1. The summed E-state index contributed by atoms with van der Waals surface area (Å²) in [6.07, 6.45) is 7.90. The van der Waals surface area contributed by atoms with Crippen LogP contribution >= 0.6 is 11.6 Å². The van der Waals surface area contributed by atoms with E-state index in [-0.39, 0.29) is 10.8 Å². The molecule has 186 valence electrons. The van der Waals surface area contributed by atoms with Crippen molar-refractivity contribution in [1.29, 1.82) is 0 Å². The number of pyridine rings is 1. The average Bonchev–Trinajstić information content (AvgIpc) is 3.35. The van der Waals surface area contributed by atoms with Crippen molar-refractivity contribution in [3.8, 4) is 0 Å². The smallest absolute Gasteiger partial charge is 0.163 e.